The highest BCUT2D eigenvalue weighted by molar-refractivity contribution is 6.04. The van der Waals surface area contributed by atoms with E-state index in [1.54, 1.807) is 19.2 Å². The quantitative estimate of drug-likeness (QED) is 0.918. The number of hydrogen-bond acceptors (Lipinski definition) is 4. The monoisotopic (exact) mass is 328 g/mol. The molecule has 1 aliphatic rings. The van der Waals surface area contributed by atoms with E-state index in [0.29, 0.717) is 13.0 Å². The molecule has 0 spiro atoms. The van der Waals surface area contributed by atoms with Crippen LogP contribution in [0, 0.1) is 5.82 Å². The van der Waals surface area contributed by atoms with Crippen LogP contribution in [0.15, 0.2) is 53.7 Å². The highest BCUT2D eigenvalue weighted by Crippen LogP contribution is 2.19. The molecule has 0 unspecified atom stereocenters. The predicted octanol–water partition coefficient (Wildman–Crippen LogP) is 2.64. The molecule has 24 heavy (non-hydrogen) atoms. The molecule has 0 fully saturated rings. The molecule has 1 aliphatic heterocycles. The molecular weight excluding hydrogens is 311 g/mol. The second kappa shape index (κ2) is 7.12. The standard InChI is InChI=1S/C18H17FN2O3/c1-23-15-8-4-13(5-9-15)16-10-17(24-21-16)18(22)20-11-12-2-6-14(19)7-3-12/h2-9,17H,10-11H2,1H3,(H,20,22)/t17-/m0/s1. The van der Waals surface area contributed by atoms with Crippen molar-refractivity contribution < 1.29 is 18.8 Å². The first-order chi connectivity index (χ1) is 11.7. The summed E-state index contributed by atoms with van der Waals surface area (Å²) in [4.78, 5) is 17.4. The number of nitrogens with zero attached hydrogens (tertiary/aromatic N) is 1. The van der Waals surface area contributed by atoms with Gasteiger partial charge in [0.05, 0.1) is 12.8 Å². The lowest BCUT2D eigenvalue weighted by Gasteiger charge is -2.09. The molecule has 1 amide bonds. The van der Waals surface area contributed by atoms with Crippen molar-refractivity contribution >= 4 is 11.6 Å². The molecule has 2 aromatic rings. The van der Waals surface area contributed by atoms with Gasteiger partial charge in [-0.1, -0.05) is 17.3 Å². The molecule has 0 aromatic heterocycles. The van der Waals surface area contributed by atoms with Gasteiger partial charge in [-0.3, -0.25) is 4.79 Å². The van der Waals surface area contributed by atoms with Crippen molar-refractivity contribution in [2.45, 2.75) is 19.1 Å². The number of carbonyl (C=O) groups excluding carboxylic acids is 1. The highest BCUT2D eigenvalue weighted by atomic mass is 19.1. The highest BCUT2D eigenvalue weighted by Gasteiger charge is 2.28. The Morgan fingerprint density at radius 2 is 1.96 bits per heavy atom. The van der Waals surface area contributed by atoms with Gasteiger partial charge in [0.1, 0.15) is 11.6 Å². The van der Waals surface area contributed by atoms with E-state index >= 15 is 0 Å². The summed E-state index contributed by atoms with van der Waals surface area (Å²) in [6, 6.07) is 13.4. The molecule has 3 rings (SSSR count). The first-order valence-electron chi connectivity index (χ1n) is 7.55. The smallest absolute Gasteiger partial charge is 0.264 e. The summed E-state index contributed by atoms with van der Waals surface area (Å²) >= 11 is 0. The number of nitrogens with one attached hydrogen (secondary N) is 1. The van der Waals surface area contributed by atoms with Crippen LogP contribution in [0.4, 0.5) is 4.39 Å². The summed E-state index contributed by atoms with van der Waals surface area (Å²) < 4.78 is 18.0. The van der Waals surface area contributed by atoms with E-state index < -0.39 is 6.10 Å². The molecule has 1 heterocycles. The molecule has 1 atom stereocenters. The van der Waals surface area contributed by atoms with Crippen molar-refractivity contribution in [3.8, 4) is 5.75 Å². The molecular formula is C18H17FN2O3. The summed E-state index contributed by atoms with van der Waals surface area (Å²) in [5.74, 6) is 0.208. The Balaban J connectivity index is 1.53. The van der Waals surface area contributed by atoms with Crippen LogP contribution in [0.5, 0.6) is 5.75 Å². The fourth-order valence-electron chi connectivity index (χ4n) is 2.38. The van der Waals surface area contributed by atoms with Crippen molar-refractivity contribution in [2.24, 2.45) is 5.16 Å². The number of rotatable bonds is 5. The number of halogens is 1. The minimum atomic E-state index is -0.650. The Labute approximate surface area is 139 Å². The van der Waals surface area contributed by atoms with Gasteiger partial charge < -0.3 is 14.9 Å². The zero-order valence-electron chi connectivity index (χ0n) is 13.2. The van der Waals surface area contributed by atoms with Crippen molar-refractivity contribution in [3.63, 3.8) is 0 Å². The lowest BCUT2D eigenvalue weighted by Crippen LogP contribution is -2.34. The van der Waals surface area contributed by atoms with Gasteiger partial charge in [0, 0.05) is 13.0 Å². The molecule has 2 aromatic carbocycles. The number of methoxy groups -OCH3 is 1. The molecule has 0 saturated heterocycles. The number of benzene rings is 2. The van der Waals surface area contributed by atoms with Crippen molar-refractivity contribution in [3.05, 3.63) is 65.5 Å². The van der Waals surface area contributed by atoms with Crippen LogP contribution in [-0.2, 0) is 16.2 Å². The summed E-state index contributed by atoms with van der Waals surface area (Å²) in [5.41, 5.74) is 2.43. The third kappa shape index (κ3) is 3.71. The average Bonchev–Trinajstić information content (AvgIpc) is 3.11. The second-order valence-corrected chi connectivity index (χ2v) is 5.41. The van der Waals surface area contributed by atoms with Gasteiger partial charge in [0.15, 0.2) is 0 Å². The molecule has 124 valence electrons. The lowest BCUT2D eigenvalue weighted by molar-refractivity contribution is -0.131. The van der Waals surface area contributed by atoms with Gasteiger partial charge >= 0.3 is 0 Å². The van der Waals surface area contributed by atoms with Crippen molar-refractivity contribution in [1.82, 2.24) is 5.32 Å². The van der Waals surface area contributed by atoms with Crippen LogP contribution in [0.2, 0.25) is 0 Å². The largest absolute Gasteiger partial charge is 0.497 e. The molecule has 0 saturated carbocycles. The first-order valence-corrected chi connectivity index (χ1v) is 7.55. The van der Waals surface area contributed by atoms with Gasteiger partial charge in [0.2, 0.25) is 6.10 Å². The SMILES string of the molecule is COc1ccc(C2=NO[C@H](C(=O)NCc3ccc(F)cc3)C2)cc1. The summed E-state index contributed by atoms with van der Waals surface area (Å²) in [6.45, 7) is 0.316. The minimum Gasteiger partial charge on any atom is -0.497 e. The zero-order chi connectivity index (χ0) is 16.9. The summed E-state index contributed by atoms with van der Waals surface area (Å²) in [7, 11) is 1.60. The van der Waals surface area contributed by atoms with Crippen LogP contribution in [-0.4, -0.2) is 24.8 Å². The van der Waals surface area contributed by atoms with Gasteiger partial charge in [-0.05, 0) is 47.5 Å². The van der Waals surface area contributed by atoms with E-state index in [4.69, 9.17) is 9.57 Å². The first kappa shape index (κ1) is 16.0. The van der Waals surface area contributed by atoms with Crippen molar-refractivity contribution in [1.29, 1.82) is 0 Å². The third-order valence-electron chi connectivity index (χ3n) is 3.76. The topological polar surface area (TPSA) is 59.9 Å². The second-order valence-electron chi connectivity index (χ2n) is 5.41. The maximum Gasteiger partial charge on any atom is 0.264 e. The molecule has 0 bridgehead atoms. The molecule has 5 nitrogen and oxygen atoms in total. The normalized spacial score (nSPS) is 16.2. The Morgan fingerprint density at radius 3 is 2.62 bits per heavy atom. The van der Waals surface area contributed by atoms with Gasteiger partial charge in [-0.2, -0.15) is 0 Å². The fourth-order valence-corrected chi connectivity index (χ4v) is 2.38. The molecule has 0 radical (unpaired) electrons. The van der Waals surface area contributed by atoms with E-state index in [-0.39, 0.29) is 11.7 Å². The number of amides is 1. The maximum atomic E-state index is 12.9. The van der Waals surface area contributed by atoms with E-state index in [1.165, 1.54) is 12.1 Å². The van der Waals surface area contributed by atoms with Gasteiger partial charge in [-0.15, -0.1) is 0 Å². The van der Waals surface area contributed by atoms with E-state index in [9.17, 15) is 9.18 Å². The lowest BCUT2D eigenvalue weighted by atomic mass is 10.0. The Hall–Kier alpha value is -2.89. The number of hydrogen-bond donors (Lipinski definition) is 1. The molecule has 6 heteroatoms. The van der Waals surface area contributed by atoms with Crippen LogP contribution < -0.4 is 10.1 Å². The maximum absolute atomic E-state index is 12.9. The Kier molecular flexibility index (Phi) is 4.74. The number of ether oxygens (including phenoxy) is 1. The van der Waals surface area contributed by atoms with Gasteiger partial charge in [0.25, 0.3) is 5.91 Å². The van der Waals surface area contributed by atoms with Crippen LogP contribution >= 0.6 is 0 Å². The number of carbonyl (C=O) groups is 1. The summed E-state index contributed by atoms with van der Waals surface area (Å²) in [5, 5.41) is 6.77. The van der Waals surface area contributed by atoms with E-state index in [1.807, 2.05) is 24.3 Å². The number of oxime groups is 1. The van der Waals surface area contributed by atoms with E-state index in [2.05, 4.69) is 10.5 Å². The van der Waals surface area contributed by atoms with Crippen molar-refractivity contribution in [2.75, 3.05) is 7.11 Å². The predicted molar refractivity (Wildman–Crippen MR) is 87.3 cm³/mol. The van der Waals surface area contributed by atoms with E-state index in [0.717, 1.165) is 22.6 Å². The summed E-state index contributed by atoms with van der Waals surface area (Å²) in [6.07, 6.45) is -0.246. The Bertz CT molecular complexity index is 742. The van der Waals surface area contributed by atoms with Gasteiger partial charge in [-0.25, -0.2) is 4.39 Å². The average molecular weight is 328 g/mol. The molecule has 0 aliphatic carbocycles. The third-order valence-corrected chi connectivity index (χ3v) is 3.76. The van der Waals surface area contributed by atoms with Crippen LogP contribution in [0.3, 0.4) is 0 Å². The minimum absolute atomic E-state index is 0.244. The zero-order valence-corrected chi connectivity index (χ0v) is 13.2. The Morgan fingerprint density at radius 1 is 1.25 bits per heavy atom. The van der Waals surface area contributed by atoms with Crippen LogP contribution in [0.1, 0.15) is 17.5 Å². The molecule has 1 N–H and O–H groups in total. The van der Waals surface area contributed by atoms with Crippen LogP contribution in [0.25, 0.3) is 0 Å². The fraction of sp³-hybridized carbons (Fsp3) is 0.222.